The number of carbonyl (C=O) groups is 1. The van der Waals surface area contributed by atoms with Crippen molar-refractivity contribution < 1.29 is 4.79 Å². The van der Waals surface area contributed by atoms with E-state index in [1.54, 1.807) is 12.1 Å². The van der Waals surface area contributed by atoms with Gasteiger partial charge in [0.15, 0.2) is 0 Å². The van der Waals surface area contributed by atoms with Gasteiger partial charge >= 0.3 is 6.03 Å². The first-order chi connectivity index (χ1) is 10.8. The van der Waals surface area contributed by atoms with Crippen molar-refractivity contribution in [2.24, 2.45) is 5.92 Å². The second-order valence-electron chi connectivity index (χ2n) is 6.48. The number of anilines is 1. The van der Waals surface area contributed by atoms with E-state index in [0.717, 1.165) is 19.4 Å². The van der Waals surface area contributed by atoms with Crippen LogP contribution in [0.2, 0.25) is 0 Å². The van der Waals surface area contributed by atoms with E-state index in [-0.39, 0.29) is 6.03 Å². The maximum absolute atomic E-state index is 12.7. The number of rotatable bonds is 4. The second kappa shape index (κ2) is 6.83. The zero-order chi connectivity index (χ0) is 15.4. The molecule has 0 spiro atoms. The first-order valence-electron chi connectivity index (χ1n) is 8.34. The van der Waals surface area contributed by atoms with Gasteiger partial charge in [-0.1, -0.05) is 31.4 Å². The van der Waals surface area contributed by atoms with Crippen LogP contribution in [-0.4, -0.2) is 23.5 Å². The molecule has 1 aromatic rings. The minimum atomic E-state index is -0.0403. The van der Waals surface area contributed by atoms with Gasteiger partial charge in [0, 0.05) is 12.6 Å². The third-order valence-electron chi connectivity index (χ3n) is 4.72. The van der Waals surface area contributed by atoms with Crippen LogP contribution in [0.5, 0.6) is 0 Å². The van der Waals surface area contributed by atoms with Gasteiger partial charge in [-0.15, -0.1) is 0 Å². The van der Waals surface area contributed by atoms with Crippen molar-refractivity contribution in [3.63, 3.8) is 0 Å². The molecule has 2 fully saturated rings. The van der Waals surface area contributed by atoms with Crippen LogP contribution in [0.3, 0.4) is 0 Å². The number of carbonyl (C=O) groups excluding carboxylic acids is 1. The van der Waals surface area contributed by atoms with Gasteiger partial charge in [-0.3, -0.25) is 0 Å². The Bertz CT molecular complexity index is 568. The lowest BCUT2D eigenvalue weighted by molar-refractivity contribution is 0.163. The largest absolute Gasteiger partial charge is 0.322 e. The van der Waals surface area contributed by atoms with Gasteiger partial charge in [0.05, 0.1) is 11.3 Å². The molecule has 0 radical (unpaired) electrons. The molecule has 0 saturated heterocycles. The quantitative estimate of drug-likeness (QED) is 0.908. The lowest BCUT2D eigenvalue weighted by Crippen LogP contribution is -2.45. The molecule has 1 aromatic carbocycles. The number of benzene rings is 1. The molecule has 4 heteroatoms. The lowest BCUT2D eigenvalue weighted by atomic mass is 9.94. The molecule has 0 atom stereocenters. The Kier molecular flexibility index (Phi) is 4.62. The standard InChI is InChI=1S/C18H23N3O/c19-12-15-6-4-5-9-17(15)20-18(22)21(13-14-10-11-14)16-7-2-1-3-8-16/h4-6,9,14,16H,1-3,7-8,10-11,13H2,(H,20,22). The maximum Gasteiger partial charge on any atom is 0.322 e. The third-order valence-corrected chi connectivity index (χ3v) is 4.72. The molecular formula is C18H23N3O. The highest BCUT2D eigenvalue weighted by atomic mass is 16.2. The number of nitrogens with zero attached hydrogens (tertiary/aromatic N) is 2. The Balaban J connectivity index is 1.72. The highest BCUT2D eigenvalue weighted by molar-refractivity contribution is 5.91. The molecule has 116 valence electrons. The Hall–Kier alpha value is -2.02. The van der Waals surface area contributed by atoms with Gasteiger partial charge in [0.25, 0.3) is 0 Å². The summed E-state index contributed by atoms with van der Waals surface area (Å²) in [6, 6.07) is 9.67. The number of para-hydroxylation sites is 1. The molecule has 1 N–H and O–H groups in total. The summed E-state index contributed by atoms with van der Waals surface area (Å²) in [5.41, 5.74) is 1.14. The maximum atomic E-state index is 12.7. The molecule has 0 aliphatic heterocycles. The molecule has 0 unspecified atom stereocenters. The molecule has 0 bridgehead atoms. The Morgan fingerprint density at radius 1 is 1.18 bits per heavy atom. The van der Waals surface area contributed by atoms with Crippen LogP contribution in [0.4, 0.5) is 10.5 Å². The van der Waals surface area contributed by atoms with Crippen LogP contribution in [0.25, 0.3) is 0 Å². The van der Waals surface area contributed by atoms with Crippen molar-refractivity contribution >= 4 is 11.7 Å². The molecule has 2 amide bonds. The molecule has 22 heavy (non-hydrogen) atoms. The van der Waals surface area contributed by atoms with E-state index < -0.39 is 0 Å². The first-order valence-corrected chi connectivity index (χ1v) is 8.34. The van der Waals surface area contributed by atoms with Crippen LogP contribution >= 0.6 is 0 Å². The zero-order valence-electron chi connectivity index (χ0n) is 12.9. The fourth-order valence-corrected chi connectivity index (χ4v) is 3.25. The Labute approximate surface area is 132 Å². The van der Waals surface area contributed by atoms with Crippen LogP contribution < -0.4 is 5.32 Å². The van der Waals surface area contributed by atoms with E-state index in [1.807, 2.05) is 17.0 Å². The summed E-state index contributed by atoms with van der Waals surface area (Å²) in [4.78, 5) is 14.8. The highest BCUT2D eigenvalue weighted by Gasteiger charge is 2.32. The third kappa shape index (κ3) is 3.59. The highest BCUT2D eigenvalue weighted by Crippen LogP contribution is 2.33. The molecule has 0 aromatic heterocycles. The topological polar surface area (TPSA) is 56.1 Å². The van der Waals surface area contributed by atoms with Crippen molar-refractivity contribution in [2.45, 2.75) is 51.0 Å². The van der Waals surface area contributed by atoms with E-state index in [0.29, 0.717) is 23.2 Å². The van der Waals surface area contributed by atoms with Gasteiger partial charge < -0.3 is 10.2 Å². The molecule has 4 nitrogen and oxygen atoms in total. The van der Waals surface area contributed by atoms with Crippen LogP contribution in [0.1, 0.15) is 50.5 Å². The van der Waals surface area contributed by atoms with Crippen LogP contribution in [0, 0.1) is 17.2 Å². The summed E-state index contributed by atoms with van der Waals surface area (Å²) in [5.74, 6) is 0.680. The van der Waals surface area contributed by atoms with E-state index in [9.17, 15) is 4.79 Å². The fourth-order valence-electron chi connectivity index (χ4n) is 3.25. The molecular weight excluding hydrogens is 274 g/mol. The monoisotopic (exact) mass is 297 g/mol. The van der Waals surface area contributed by atoms with Crippen molar-refractivity contribution in [2.75, 3.05) is 11.9 Å². The minimum Gasteiger partial charge on any atom is -0.321 e. The Morgan fingerprint density at radius 3 is 2.59 bits per heavy atom. The van der Waals surface area contributed by atoms with Gasteiger partial charge in [0.2, 0.25) is 0 Å². The van der Waals surface area contributed by atoms with Gasteiger partial charge in [0.1, 0.15) is 6.07 Å². The molecule has 2 saturated carbocycles. The summed E-state index contributed by atoms with van der Waals surface area (Å²) in [5, 5.41) is 12.1. The fraction of sp³-hybridized carbons (Fsp3) is 0.556. The van der Waals surface area contributed by atoms with Gasteiger partial charge in [-0.05, 0) is 43.7 Å². The second-order valence-corrected chi connectivity index (χ2v) is 6.48. The van der Waals surface area contributed by atoms with Gasteiger partial charge in [-0.25, -0.2) is 4.79 Å². The summed E-state index contributed by atoms with van der Waals surface area (Å²) < 4.78 is 0. The van der Waals surface area contributed by atoms with E-state index >= 15 is 0 Å². The van der Waals surface area contributed by atoms with Crippen molar-refractivity contribution in [3.05, 3.63) is 29.8 Å². The van der Waals surface area contributed by atoms with Crippen molar-refractivity contribution in [1.82, 2.24) is 4.90 Å². The van der Waals surface area contributed by atoms with E-state index in [4.69, 9.17) is 5.26 Å². The average Bonchev–Trinajstić information content (AvgIpc) is 3.38. The lowest BCUT2D eigenvalue weighted by Gasteiger charge is -2.34. The number of hydrogen-bond acceptors (Lipinski definition) is 2. The predicted molar refractivity (Wildman–Crippen MR) is 86.5 cm³/mol. The van der Waals surface area contributed by atoms with Crippen molar-refractivity contribution in [3.8, 4) is 6.07 Å². The number of urea groups is 1. The summed E-state index contributed by atoms with van der Waals surface area (Å²) >= 11 is 0. The van der Waals surface area contributed by atoms with Gasteiger partial charge in [-0.2, -0.15) is 5.26 Å². The first kappa shape index (κ1) is 14.9. The molecule has 2 aliphatic carbocycles. The predicted octanol–water partition coefficient (Wildman–Crippen LogP) is 4.13. The van der Waals surface area contributed by atoms with E-state index in [1.165, 1.54) is 32.1 Å². The zero-order valence-corrected chi connectivity index (χ0v) is 12.9. The Morgan fingerprint density at radius 2 is 1.91 bits per heavy atom. The number of hydrogen-bond donors (Lipinski definition) is 1. The summed E-state index contributed by atoms with van der Waals surface area (Å²) in [7, 11) is 0. The number of nitrogens with one attached hydrogen (secondary N) is 1. The number of amides is 2. The molecule has 2 aliphatic rings. The summed E-state index contributed by atoms with van der Waals surface area (Å²) in [6.07, 6.45) is 8.42. The molecule has 0 heterocycles. The average molecular weight is 297 g/mol. The van der Waals surface area contributed by atoms with Crippen LogP contribution in [-0.2, 0) is 0 Å². The van der Waals surface area contributed by atoms with E-state index in [2.05, 4.69) is 11.4 Å². The minimum absolute atomic E-state index is 0.0403. The van der Waals surface area contributed by atoms with Crippen molar-refractivity contribution in [1.29, 1.82) is 5.26 Å². The summed E-state index contributed by atoms with van der Waals surface area (Å²) in [6.45, 7) is 0.866. The SMILES string of the molecule is N#Cc1ccccc1NC(=O)N(CC1CC1)C1CCCCC1. The normalized spacial score (nSPS) is 18.5. The number of nitriles is 1. The molecule has 3 rings (SSSR count). The smallest absolute Gasteiger partial charge is 0.321 e. The van der Waals surface area contributed by atoms with Crippen LogP contribution in [0.15, 0.2) is 24.3 Å².